The van der Waals surface area contributed by atoms with Gasteiger partial charge in [0, 0.05) is 0 Å². The van der Waals surface area contributed by atoms with Gasteiger partial charge in [-0.2, -0.15) is 0 Å². The standard InChI is InChI=1S/C11H20O/c1-7(8(2)12)11-6-9-3-4-10(11)5-9/h7-12H,3-6H2,1-2H3. The van der Waals surface area contributed by atoms with Crippen LogP contribution in [0.5, 0.6) is 0 Å². The molecule has 1 nitrogen and oxygen atoms in total. The Balaban J connectivity index is 1.97. The number of hydrogen-bond donors (Lipinski definition) is 1. The van der Waals surface area contributed by atoms with Crippen molar-refractivity contribution in [3.63, 3.8) is 0 Å². The van der Waals surface area contributed by atoms with Crippen LogP contribution in [0, 0.1) is 23.7 Å². The fraction of sp³-hybridized carbons (Fsp3) is 1.00. The van der Waals surface area contributed by atoms with Gasteiger partial charge < -0.3 is 5.11 Å². The van der Waals surface area contributed by atoms with E-state index in [0.717, 1.165) is 17.8 Å². The highest BCUT2D eigenvalue weighted by Crippen LogP contribution is 2.51. The van der Waals surface area contributed by atoms with Gasteiger partial charge in [-0.05, 0) is 49.9 Å². The normalized spacial score (nSPS) is 44.8. The predicted octanol–water partition coefficient (Wildman–Crippen LogP) is 2.44. The fourth-order valence-corrected chi connectivity index (χ4v) is 3.30. The fourth-order valence-electron chi connectivity index (χ4n) is 3.30. The highest BCUT2D eigenvalue weighted by atomic mass is 16.3. The second-order valence-corrected chi connectivity index (χ2v) is 4.94. The molecule has 0 aromatic heterocycles. The minimum absolute atomic E-state index is 0.102. The van der Waals surface area contributed by atoms with Crippen LogP contribution in [-0.2, 0) is 0 Å². The maximum absolute atomic E-state index is 9.51. The van der Waals surface area contributed by atoms with E-state index in [2.05, 4.69) is 6.92 Å². The lowest BCUT2D eigenvalue weighted by atomic mass is 9.78. The third-order valence-corrected chi connectivity index (χ3v) is 4.23. The van der Waals surface area contributed by atoms with E-state index in [0.29, 0.717) is 5.92 Å². The Kier molecular flexibility index (Phi) is 2.16. The van der Waals surface area contributed by atoms with Crippen molar-refractivity contribution in [3.8, 4) is 0 Å². The van der Waals surface area contributed by atoms with Crippen LogP contribution < -0.4 is 0 Å². The maximum atomic E-state index is 9.51. The summed E-state index contributed by atoms with van der Waals surface area (Å²) in [5.74, 6) is 3.34. The van der Waals surface area contributed by atoms with Gasteiger partial charge in [-0.15, -0.1) is 0 Å². The molecule has 2 aliphatic carbocycles. The van der Waals surface area contributed by atoms with E-state index in [1.54, 1.807) is 0 Å². The monoisotopic (exact) mass is 168 g/mol. The molecule has 0 heterocycles. The molecule has 0 spiro atoms. The zero-order valence-corrected chi connectivity index (χ0v) is 8.16. The lowest BCUT2D eigenvalue weighted by Gasteiger charge is -2.29. The molecule has 2 bridgehead atoms. The highest BCUT2D eigenvalue weighted by Gasteiger charge is 2.42. The molecule has 0 radical (unpaired) electrons. The highest BCUT2D eigenvalue weighted by molar-refractivity contribution is 4.92. The van der Waals surface area contributed by atoms with Crippen LogP contribution in [0.25, 0.3) is 0 Å². The molecule has 2 saturated carbocycles. The summed E-state index contributed by atoms with van der Waals surface area (Å²) in [6.45, 7) is 4.16. The van der Waals surface area contributed by atoms with Gasteiger partial charge in [-0.25, -0.2) is 0 Å². The molecule has 2 rings (SSSR count). The molecule has 5 unspecified atom stereocenters. The Hall–Kier alpha value is -0.0400. The Bertz CT molecular complexity index is 164. The molecular formula is C11H20O. The smallest absolute Gasteiger partial charge is 0.0540 e. The van der Waals surface area contributed by atoms with E-state index >= 15 is 0 Å². The molecule has 2 fully saturated rings. The van der Waals surface area contributed by atoms with Crippen molar-refractivity contribution in [2.45, 2.75) is 45.6 Å². The molecule has 12 heavy (non-hydrogen) atoms. The average Bonchev–Trinajstić information content (AvgIpc) is 2.62. The second kappa shape index (κ2) is 3.02. The summed E-state index contributed by atoms with van der Waals surface area (Å²) >= 11 is 0. The van der Waals surface area contributed by atoms with Gasteiger partial charge in [0.15, 0.2) is 0 Å². The van der Waals surface area contributed by atoms with E-state index in [1.807, 2.05) is 6.92 Å². The molecule has 1 N–H and O–H groups in total. The lowest BCUT2D eigenvalue weighted by Crippen LogP contribution is -2.26. The van der Waals surface area contributed by atoms with Gasteiger partial charge in [0.2, 0.25) is 0 Å². The van der Waals surface area contributed by atoms with Gasteiger partial charge >= 0.3 is 0 Å². The number of aliphatic hydroxyl groups is 1. The quantitative estimate of drug-likeness (QED) is 0.671. The summed E-state index contributed by atoms with van der Waals surface area (Å²) in [5, 5.41) is 9.51. The van der Waals surface area contributed by atoms with E-state index in [-0.39, 0.29) is 6.10 Å². The van der Waals surface area contributed by atoms with Crippen LogP contribution in [-0.4, -0.2) is 11.2 Å². The first-order chi connectivity index (χ1) is 5.68. The van der Waals surface area contributed by atoms with E-state index in [1.165, 1.54) is 25.7 Å². The molecule has 0 aromatic carbocycles. The Morgan fingerprint density at radius 2 is 1.92 bits per heavy atom. The molecule has 0 aromatic rings. The summed E-state index contributed by atoms with van der Waals surface area (Å²) in [7, 11) is 0. The minimum Gasteiger partial charge on any atom is -0.393 e. The molecule has 5 atom stereocenters. The minimum atomic E-state index is -0.102. The second-order valence-electron chi connectivity index (χ2n) is 4.94. The molecule has 70 valence electrons. The van der Waals surface area contributed by atoms with Crippen molar-refractivity contribution >= 4 is 0 Å². The Morgan fingerprint density at radius 3 is 2.33 bits per heavy atom. The van der Waals surface area contributed by atoms with Crippen LogP contribution >= 0.6 is 0 Å². The molecule has 1 heteroatoms. The van der Waals surface area contributed by atoms with Crippen molar-refractivity contribution in [1.29, 1.82) is 0 Å². The first-order valence-corrected chi connectivity index (χ1v) is 5.36. The van der Waals surface area contributed by atoms with Crippen LogP contribution in [0.2, 0.25) is 0 Å². The predicted molar refractivity (Wildman–Crippen MR) is 49.8 cm³/mol. The largest absolute Gasteiger partial charge is 0.393 e. The number of aliphatic hydroxyl groups excluding tert-OH is 1. The van der Waals surface area contributed by atoms with E-state index < -0.39 is 0 Å². The van der Waals surface area contributed by atoms with Crippen LogP contribution in [0.3, 0.4) is 0 Å². The van der Waals surface area contributed by atoms with Gasteiger partial charge in [0.1, 0.15) is 0 Å². The van der Waals surface area contributed by atoms with Crippen LogP contribution in [0.4, 0.5) is 0 Å². The van der Waals surface area contributed by atoms with Crippen LogP contribution in [0.15, 0.2) is 0 Å². The summed E-state index contributed by atoms with van der Waals surface area (Å²) in [6.07, 6.45) is 5.66. The summed E-state index contributed by atoms with van der Waals surface area (Å²) in [4.78, 5) is 0. The van der Waals surface area contributed by atoms with Crippen molar-refractivity contribution in [3.05, 3.63) is 0 Å². The molecule has 0 aliphatic heterocycles. The van der Waals surface area contributed by atoms with Crippen LogP contribution in [0.1, 0.15) is 39.5 Å². The first kappa shape index (κ1) is 8.55. The van der Waals surface area contributed by atoms with Crippen molar-refractivity contribution in [1.82, 2.24) is 0 Å². The van der Waals surface area contributed by atoms with E-state index in [4.69, 9.17) is 0 Å². The Labute approximate surface area is 75.2 Å². The first-order valence-electron chi connectivity index (χ1n) is 5.36. The lowest BCUT2D eigenvalue weighted by molar-refractivity contribution is 0.0763. The van der Waals surface area contributed by atoms with Crippen molar-refractivity contribution in [2.75, 3.05) is 0 Å². The number of fused-ring (bicyclic) bond motifs is 2. The number of rotatable bonds is 2. The SMILES string of the molecule is CC(O)C(C)C1CC2CCC1C2. The topological polar surface area (TPSA) is 20.2 Å². The van der Waals surface area contributed by atoms with Crippen molar-refractivity contribution < 1.29 is 5.11 Å². The molecular weight excluding hydrogens is 148 g/mol. The van der Waals surface area contributed by atoms with Gasteiger partial charge in [-0.1, -0.05) is 13.3 Å². The third kappa shape index (κ3) is 1.28. The number of hydrogen-bond acceptors (Lipinski definition) is 1. The Morgan fingerprint density at radius 1 is 1.17 bits per heavy atom. The van der Waals surface area contributed by atoms with Gasteiger partial charge in [0.05, 0.1) is 6.10 Å². The van der Waals surface area contributed by atoms with Crippen molar-refractivity contribution in [2.24, 2.45) is 23.7 Å². The van der Waals surface area contributed by atoms with Gasteiger partial charge in [-0.3, -0.25) is 0 Å². The molecule has 0 amide bonds. The maximum Gasteiger partial charge on any atom is 0.0540 e. The van der Waals surface area contributed by atoms with E-state index in [9.17, 15) is 5.11 Å². The summed E-state index contributed by atoms with van der Waals surface area (Å²) in [5.41, 5.74) is 0. The zero-order valence-electron chi connectivity index (χ0n) is 8.16. The summed E-state index contributed by atoms with van der Waals surface area (Å²) < 4.78 is 0. The average molecular weight is 168 g/mol. The summed E-state index contributed by atoms with van der Waals surface area (Å²) in [6, 6.07) is 0. The zero-order chi connectivity index (χ0) is 8.72. The molecule has 2 aliphatic rings. The molecule has 0 saturated heterocycles. The third-order valence-electron chi connectivity index (χ3n) is 4.23. The van der Waals surface area contributed by atoms with Gasteiger partial charge in [0.25, 0.3) is 0 Å².